The van der Waals surface area contributed by atoms with Crippen molar-refractivity contribution in [2.45, 2.75) is 58.8 Å². The average Bonchev–Trinajstić information content (AvgIpc) is 2.45. The van der Waals surface area contributed by atoms with Crippen molar-refractivity contribution in [1.82, 2.24) is 0 Å². The largest absolute Gasteiger partial charge is 0.486 e. The molecule has 0 radical (unpaired) electrons. The van der Waals surface area contributed by atoms with Gasteiger partial charge in [-0.2, -0.15) is 0 Å². The highest BCUT2D eigenvalue weighted by atomic mass is 16.5. The van der Waals surface area contributed by atoms with Crippen molar-refractivity contribution in [3.63, 3.8) is 0 Å². The van der Waals surface area contributed by atoms with Crippen LogP contribution in [0.3, 0.4) is 0 Å². The Balaban J connectivity index is 1.90. The SMILES string of the molecule is Cc1cc(OCC(=O)C2CCCCC2)ccc1C(C)C. The van der Waals surface area contributed by atoms with E-state index in [1.54, 1.807) is 0 Å². The van der Waals surface area contributed by atoms with E-state index in [0.29, 0.717) is 5.92 Å². The number of hydrogen-bond donors (Lipinski definition) is 0. The van der Waals surface area contributed by atoms with Crippen molar-refractivity contribution in [3.05, 3.63) is 29.3 Å². The molecule has 2 rings (SSSR count). The summed E-state index contributed by atoms with van der Waals surface area (Å²) >= 11 is 0. The summed E-state index contributed by atoms with van der Waals surface area (Å²) in [5.74, 6) is 1.85. The first-order valence-electron chi connectivity index (χ1n) is 7.84. The van der Waals surface area contributed by atoms with Gasteiger partial charge in [0.2, 0.25) is 0 Å². The molecule has 0 aliphatic heterocycles. The van der Waals surface area contributed by atoms with Gasteiger partial charge in [0.05, 0.1) is 0 Å². The summed E-state index contributed by atoms with van der Waals surface area (Å²) in [6, 6.07) is 6.14. The van der Waals surface area contributed by atoms with Gasteiger partial charge in [0.25, 0.3) is 0 Å². The third-order valence-corrected chi connectivity index (χ3v) is 4.30. The quantitative estimate of drug-likeness (QED) is 0.781. The lowest BCUT2D eigenvalue weighted by molar-refractivity contribution is -0.125. The van der Waals surface area contributed by atoms with E-state index in [0.717, 1.165) is 18.6 Å². The smallest absolute Gasteiger partial charge is 0.173 e. The third kappa shape index (κ3) is 3.84. The molecule has 1 aromatic rings. The van der Waals surface area contributed by atoms with Crippen LogP contribution < -0.4 is 4.74 Å². The molecule has 0 spiro atoms. The van der Waals surface area contributed by atoms with Gasteiger partial charge in [-0.3, -0.25) is 4.79 Å². The number of ether oxygens (including phenoxy) is 1. The van der Waals surface area contributed by atoms with E-state index in [4.69, 9.17) is 4.74 Å². The molecule has 0 unspecified atom stereocenters. The molecule has 1 fully saturated rings. The van der Waals surface area contributed by atoms with Crippen molar-refractivity contribution in [2.75, 3.05) is 6.61 Å². The normalized spacial score (nSPS) is 16.4. The van der Waals surface area contributed by atoms with Gasteiger partial charge in [-0.25, -0.2) is 0 Å². The average molecular weight is 274 g/mol. The van der Waals surface area contributed by atoms with Gasteiger partial charge in [0.1, 0.15) is 12.4 Å². The second kappa shape index (κ2) is 6.92. The van der Waals surface area contributed by atoms with Gasteiger partial charge in [-0.15, -0.1) is 0 Å². The van der Waals surface area contributed by atoms with Crippen LogP contribution in [0.2, 0.25) is 0 Å². The Kier molecular flexibility index (Phi) is 5.22. The van der Waals surface area contributed by atoms with Crippen LogP contribution in [0.1, 0.15) is 63.0 Å². The lowest BCUT2D eigenvalue weighted by atomic mass is 9.86. The van der Waals surface area contributed by atoms with Crippen LogP contribution in [0.5, 0.6) is 5.75 Å². The Morgan fingerprint density at radius 2 is 1.95 bits per heavy atom. The van der Waals surface area contributed by atoms with Crippen molar-refractivity contribution >= 4 is 5.78 Å². The second-order valence-electron chi connectivity index (χ2n) is 6.26. The maximum atomic E-state index is 12.1. The van der Waals surface area contributed by atoms with Crippen molar-refractivity contribution in [2.24, 2.45) is 5.92 Å². The van der Waals surface area contributed by atoms with Gasteiger partial charge < -0.3 is 4.74 Å². The molecule has 0 heterocycles. The van der Waals surface area contributed by atoms with Crippen LogP contribution in [-0.2, 0) is 4.79 Å². The highest BCUT2D eigenvalue weighted by molar-refractivity contribution is 5.82. The predicted octanol–water partition coefficient (Wildman–Crippen LogP) is 4.65. The molecule has 110 valence electrons. The fourth-order valence-electron chi connectivity index (χ4n) is 3.08. The molecular formula is C18H26O2. The summed E-state index contributed by atoms with van der Waals surface area (Å²) in [5.41, 5.74) is 2.58. The number of hydrogen-bond acceptors (Lipinski definition) is 2. The molecule has 0 N–H and O–H groups in total. The first kappa shape index (κ1) is 15.1. The maximum absolute atomic E-state index is 12.1. The zero-order valence-electron chi connectivity index (χ0n) is 12.9. The molecular weight excluding hydrogens is 248 g/mol. The van der Waals surface area contributed by atoms with Gasteiger partial charge in [-0.1, -0.05) is 39.2 Å². The highest BCUT2D eigenvalue weighted by Gasteiger charge is 2.21. The molecule has 20 heavy (non-hydrogen) atoms. The maximum Gasteiger partial charge on any atom is 0.173 e. The van der Waals surface area contributed by atoms with Crippen LogP contribution in [0.15, 0.2) is 18.2 Å². The molecule has 0 atom stereocenters. The van der Waals surface area contributed by atoms with Crippen molar-refractivity contribution in [3.8, 4) is 5.75 Å². The lowest BCUT2D eigenvalue weighted by Gasteiger charge is -2.20. The monoisotopic (exact) mass is 274 g/mol. The van der Waals surface area contributed by atoms with Gasteiger partial charge in [-0.05, 0) is 48.9 Å². The van der Waals surface area contributed by atoms with Crippen LogP contribution in [0.4, 0.5) is 0 Å². The second-order valence-corrected chi connectivity index (χ2v) is 6.26. The Morgan fingerprint density at radius 3 is 2.55 bits per heavy atom. The van der Waals surface area contributed by atoms with Gasteiger partial charge in [0, 0.05) is 5.92 Å². The summed E-state index contributed by atoms with van der Waals surface area (Å²) < 4.78 is 5.69. The summed E-state index contributed by atoms with van der Waals surface area (Å²) in [6.45, 7) is 6.71. The number of aryl methyl sites for hydroxylation is 1. The van der Waals surface area contributed by atoms with Crippen molar-refractivity contribution < 1.29 is 9.53 Å². The van der Waals surface area contributed by atoms with Gasteiger partial charge in [0.15, 0.2) is 5.78 Å². The number of carbonyl (C=O) groups is 1. The van der Waals surface area contributed by atoms with E-state index in [-0.39, 0.29) is 18.3 Å². The number of rotatable bonds is 5. The summed E-state index contributed by atoms with van der Waals surface area (Å²) in [5, 5.41) is 0. The highest BCUT2D eigenvalue weighted by Crippen LogP contribution is 2.26. The first-order valence-corrected chi connectivity index (χ1v) is 7.84. The number of Topliss-reactive ketones (excluding diaryl/α,β-unsaturated/α-hetero) is 1. The molecule has 0 bridgehead atoms. The Bertz CT molecular complexity index is 456. The molecule has 1 aliphatic rings. The first-order chi connectivity index (χ1) is 9.58. The molecule has 2 nitrogen and oxygen atoms in total. The number of ketones is 1. The van der Waals surface area contributed by atoms with Crippen LogP contribution >= 0.6 is 0 Å². The summed E-state index contributed by atoms with van der Waals surface area (Å²) in [7, 11) is 0. The summed E-state index contributed by atoms with van der Waals surface area (Å²) in [4.78, 5) is 12.1. The summed E-state index contributed by atoms with van der Waals surface area (Å²) in [6.07, 6.45) is 5.76. The van der Waals surface area contributed by atoms with E-state index in [9.17, 15) is 4.79 Å². The van der Waals surface area contributed by atoms with Crippen molar-refractivity contribution in [1.29, 1.82) is 0 Å². The molecule has 2 heteroatoms. The fourth-order valence-corrected chi connectivity index (χ4v) is 3.08. The van der Waals surface area contributed by atoms with Crippen LogP contribution in [0.25, 0.3) is 0 Å². The van der Waals surface area contributed by atoms with E-state index < -0.39 is 0 Å². The molecule has 0 aromatic heterocycles. The Labute approximate surface area is 122 Å². The van der Waals surface area contributed by atoms with Crippen LogP contribution in [0, 0.1) is 12.8 Å². The molecule has 0 amide bonds. The fraction of sp³-hybridized carbons (Fsp3) is 0.611. The number of benzene rings is 1. The minimum Gasteiger partial charge on any atom is -0.486 e. The molecule has 1 aliphatic carbocycles. The zero-order chi connectivity index (χ0) is 14.5. The third-order valence-electron chi connectivity index (χ3n) is 4.30. The molecule has 1 aromatic carbocycles. The Morgan fingerprint density at radius 1 is 1.25 bits per heavy atom. The van der Waals surface area contributed by atoms with E-state index in [1.165, 1.54) is 30.4 Å². The zero-order valence-corrected chi connectivity index (χ0v) is 12.9. The molecule has 0 saturated heterocycles. The van der Waals surface area contributed by atoms with E-state index in [1.807, 2.05) is 12.1 Å². The van der Waals surface area contributed by atoms with E-state index in [2.05, 4.69) is 26.8 Å². The Hall–Kier alpha value is -1.31. The predicted molar refractivity (Wildman–Crippen MR) is 82.3 cm³/mol. The van der Waals surface area contributed by atoms with Gasteiger partial charge >= 0.3 is 0 Å². The standard InChI is InChI=1S/C18H26O2/c1-13(2)17-10-9-16(11-14(17)3)20-12-18(19)15-7-5-4-6-8-15/h9-11,13,15H,4-8,12H2,1-3H3. The van der Waals surface area contributed by atoms with E-state index >= 15 is 0 Å². The number of carbonyl (C=O) groups excluding carboxylic acids is 1. The lowest BCUT2D eigenvalue weighted by Crippen LogP contribution is -2.23. The minimum atomic E-state index is 0.227. The minimum absolute atomic E-state index is 0.227. The van der Waals surface area contributed by atoms with Crippen LogP contribution in [-0.4, -0.2) is 12.4 Å². The topological polar surface area (TPSA) is 26.3 Å². The molecule has 1 saturated carbocycles.